The van der Waals surface area contributed by atoms with Crippen LogP contribution >= 0.6 is 0 Å². The third-order valence-electron chi connectivity index (χ3n) is 3.76. The van der Waals surface area contributed by atoms with Crippen molar-refractivity contribution in [2.75, 3.05) is 13.2 Å². The van der Waals surface area contributed by atoms with Crippen molar-refractivity contribution in [2.24, 2.45) is 0 Å². The van der Waals surface area contributed by atoms with E-state index in [-0.39, 0.29) is 31.9 Å². The molecule has 29 heavy (non-hydrogen) atoms. The molecule has 0 fully saturated rings. The Labute approximate surface area is 169 Å². The van der Waals surface area contributed by atoms with Gasteiger partial charge in [0.2, 0.25) is 5.76 Å². The van der Waals surface area contributed by atoms with Gasteiger partial charge in [0.15, 0.2) is 0 Å². The zero-order chi connectivity index (χ0) is 21.4. The van der Waals surface area contributed by atoms with Crippen molar-refractivity contribution in [1.82, 2.24) is 5.32 Å². The highest BCUT2D eigenvalue weighted by Gasteiger charge is 2.22. The molecule has 0 unspecified atom stereocenters. The lowest BCUT2D eigenvalue weighted by Crippen LogP contribution is -2.33. The first-order chi connectivity index (χ1) is 13.7. The van der Waals surface area contributed by atoms with E-state index in [1.165, 1.54) is 0 Å². The van der Waals surface area contributed by atoms with E-state index >= 15 is 0 Å². The maximum absolute atomic E-state index is 12.1. The molecule has 1 aromatic heterocycles. The monoisotopic (exact) mass is 405 g/mol. The van der Waals surface area contributed by atoms with Crippen molar-refractivity contribution < 1.29 is 33.0 Å². The molecule has 0 bridgehead atoms. The Morgan fingerprint density at radius 1 is 1.10 bits per heavy atom. The Hall–Kier alpha value is -3.03. The van der Waals surface area contributed by atoms with Gasteiger partial charge in [0.25, 0.3) is 0 Å². The summed E-state index contributed by atoms with van der Waals surface area (Å²) in [5, 5.41) is 3.27. The number of para-hydroxylation sites is 1. The second-order valence-electron chi connectivity index (χ2n) is 7.32. The Balaban J connectivity index is 1.88. The molecule has 0 atom stereocenters. The molecule has 0 saturated heterocycles. The maximum Gasteiger partial charge on any atom is 0.407 e. The van der Waals surface area contributed by atoms with Gasteiger partial charge >= 0.3 is 18.0 Å². The van der Waals surface area contributed by atoms with E-state index in [0.29, 0.717) is 23.0 Å². The summed E-state index contributed by atoms with van der Waals surface area (Å²) in [7, 11) is 0. The van der Waals surface area contributed by atoms with Crippen molar-refractivity contribution in [3.63, 3.8) is 0 Å². The average Bonchev–Trinajstić information content (AvgIpc) is 3.01. The van der Waals surface area contributed by atoms with Gasteiger partial charge in [0, 0.05) is 18.4 Å². The van der Waals surface area contributed by atoms with E-state index in [4.69, 9.17) is 18.6 Å². The summed E-state index contributed by atoms with van der Waals surface area (Å²) in [6, 6.07) is 7.11. The number of hydrogen-bond donors (Lipinski definition) is 1. The summed E-state index contributed by atoms with van der Waals surface area (Å²) in [5.74, 6) is -1.01. The van der Waals surface area contributed by atoms with Gasteiger partial charge in [-0.3, -0.25) is 4.79 Å². The first kappa shape index (κ1) is 22.3. The maximum atomic E-state index is 12.1. The molecule has 1 heterocycles. The van der Waals surface area contributed by atoms with E-state index in [0.717, 1.165) is 0 Å². The molecule has 8 heteroatoms. The molecule has 0 aliphatic carbocycles. The number of furan rings is 1. The molecular weight excluding hydrogens is 378 g/mol. The van der Waals surface area contributed by atoms with Crippen molar-refractivity contribution >= 4 is 29.0 Å². The van der Waals surface area contributed by atoms with Crippen molar-refractivity contribution in [3.8, 4) is 0 Å². The Morgan fingerprint density at radius 2 is 1.83 bits per heavy atom. The summed E-state index contributed by atoms with van der Waals surface area (Å²) >= 11 is 0. The average molecular weight is 405 g/mol. The summed E-state index contributed by atoms with van der Waals surface area (Å²) in [5.41, 5.74) is 0.412. The van der Waals surface area contributed by atoms with E-state index in [1.54, 1.807) is 52.0 Å². The molecular formula is C21H27NO7. The third-order valence-corrected chi connectivity index (χ3v) is 3.76. The van der Waals surface area contributed by atoms with Gasteiger partial charge in [-0.2, -0.15) is 0 Å². The van der Waals surface area contributed by atoms with Crippen LogP contribution in [-0.4, -0.2) is 36.8 Å². The fourth-order valence-electron chi connectivity index (χ4n) is 2.57. The molecule has 2 rings (SSSR count). The number of amides is 1. The molecule has 0 spiro atoms. The lowest BCUT2D eigenvalue weighted by atomic mass is 10.1. The lowest BCUT2D eigenvalue weighted by molar-refractivity contribution is -0.145. The molecule has 0 saturated carbocycles. The third kappa shape index (κ3) is 6.81. The van der Waals surface area contributed by atoms with Crippen LogP contribution in [0.5, 0.6) is 0 Å². The first-order valence-electron chi connectivity index (χ1n) is 9.51. The molecule has 1 aromatic carbocycles. The SMILES string of the molecule is CCOC(=O)c1oc2ccccc2c1COC(=O)CCCNC(=O)OC(C)(C)C. The smallest absolute Gasteiger partial charge is 0.407 e. The number of carbonyl (C=O) groups excluding carboxylic acids is 3. The van der Waals surface area contributed by atoms with Crippen LogP contribution in [0.2, 0.25) is 0 Å². The van der Waals surface area contributed by atoms with Gasteiger partial charge in [-0.25, -0.2) is 9.59 Å². The second kappa shape index (κ2) is 9.95. The fourth-order valence-corrected chi connectivity index (χ4v) is 2.57. The number of fused-ring (bicyclic) bond motifs is 1. The number of rotatable bonds is 8. The van der Waals surface area contributed by atoms with Crippen LogP contribution in [0.1, 0.15) is 56.7 Å². The number of alkyl carbamates (subject to hydrolysis) is 1. The summed E-state index contributed by atoms with van der Waals surface area (Å²) in [6.07, 6.45) is -0.0234. The Morgan fingerprint density at radius 3 is 2.52 bits per heavy atom. The highest BCUT2D eigenvalue weighted by molar-refractivity contribution is 5.96. The lowest BCUT2D eigenvalue weighted by Gasteiger charge is -2.19. The minimum atomic E-state index is -0.601. The van der Waals surface area contributed by atoms with Crippen LogP contribution in [0.4, 0.5) is 4.79 Å². The minimum Gasteiger partial charge on any atom is -0.461 e. The van der Waals surface area contributed by atoms with Crippen molar-refractivity contribution in [2.45, 2.75) is 52.7 Å². The number of benzene rings is 1. The molecule has 1 amide bonds. The molecule has 0 aliphatic heterocycles. The normalized spacial score (nSPS) is 11.2. The number of esters is 2. The van der Waals surface area contributed by atoms with Gasteiger partial charge in [0.1, 0.15) is 17.8 Å². The van der Waals surface area contributed by atoms with Crippen molar-refractivity contribution in [1.29, 1.82) is 0 Å². The number of hydrogen-bond acceptors (Lipinski definition) is 7. The summed E-state index contributed by atoms with van der Waals surface area (Å²) < 4.78 is 21.0. The van der Waals surface area contributed by atoms with E-state index in [2.05, 4.69) is 5.32 Å². The predicted molar refractivity (Wildman–Crippen MR) is 105 cm³/mol. The topological polar surface area (TPSA) is 104 Å². The fraction of sp³-hybridized carbons (Fsp3) is 0.476. The molecule has 2 aromatic rings. The largest absolute Gasteiger partial charge is 0.461 e. The highest BCUT2D eigenvalue weighted by atomic mass is 16.6. The van der Waals surface area contributed by atoms with Crippen LogP contribution < -0.4 is 5.32 Å². The van der Waals surface area contributed by atoms with E-state index in [9.17, 15) is 14.4 Å². The van der Waals surface area contributed by atoms with E-state index in [1.807, 2.05) is 0 Å². The molecule has 8 nitrogen and oxygen atoms in total. The molecule has 0 radical (unpaired) electrons. The Bertz CT molecular complexity index is 864. The molecule has 0 aliphatic rings. The first-order valence-corrected chi connectivity index (χ1v) is 9.51. The van der Waals surface area contributed by atoms with Crippen LogP contribution in [-0.2, 0) is 25.6 Å². The zero-order valence-electron chi connectivity index (χ0n) is 17.2. The predicted octanol–water partition coefficient (Wildman–Crippen LogP) is 3.96. The van der Waals surface area contributed by atoms with Crippen LogP contribution in [0.15, 0.2) is 28.7 Å². The second-order valence-corrected chi connectivity index (χ2v) is 7.32. The van der Waals surface area contributed by atoms with Crippen LogP contribution in [0.25, 0.3) is 11.0 Å². The number of nitrogens with one attached hydrogen (secondary N) is 1. The van der Waals surface area contributed by atoms with Gasteiger partial charge in [-0.15, -0.1) is 0 Å². The summed E-state index contributed by atoms with van der Waals surface area (Å²) in [4.78, 5) is 35.7. The summed E-state index contributed by atoms with van der Waals surface area (Å²) in [6.45, 7) is 7.40. The standard InChI is InChI=1S/C21H27NO7/c1-5-26-19(24)18-15(14-9-6-7-10-16(14)28-18)13-27-17(23)11-8-12-22-20(25)29-21(2,3)4/h6-7,9-10H,5,8,11-13H2,1-4H3,(H,22,25). The minimum absolute atomic E-state index is 0.0347. The highest BCUT2D eigenvalue weighted by Crippen LogP contribution is 2.27. The van der Waals surface area contributed by atoms with Gasteiger partial charge in [0.05, 0.1) is 12.2 Å². The van der Waals surface area contributed by atoms with Crippen LogP contribution in [0.3, 0.4) is 0 Å². The van der Waals surface area contributed by atoms with Gasteiger partial charge < -0.3 is 23.9 Å². The van der Waals surface area contributed by atoms with E-state index < -0.39 is 23.6 Å². The number of ether oxygens (including phenoxy) is 3. The molecule has 1 N–H and O–H groups in total. The number of carbonyl (C=O) groups is 3. The van der Waals surface area contributed by atoms with Crippen LogP contribution in [0, 0.1) is 0 Å². The molecule has 158 valence electrons. The van der Waals surface area contributed by atoms with Gasteiger partial charge in [-0.1, -0.05) is 18.2 Å². The van der Waals surface area contributed by atoms with Crippen molar-refractivity contribution in [3.05, 3.63) is 35.6 Å². The Kier molecular flexibility index (Phi) is 7.64. The van der Waals surface area contributed by atoms with Gasteiger partial charge in [-0.05, 0) is 40.2 Å². The zero-order valence-corrected chi connectivity index (χ0v) is 17.2. The quantitative estimate of drug-likeness (QED) is 0.403.